The molecule has 1 aromatic carbocycles. The molecule has 0 bridgehead atoms. The predicted octanol–water partition coefficient (Wildman–Crippen LogP) is 3.93. The number of nitrogens with one attached hydrogen (secondary N) is 2. The molecule has 5 nitrogen and oxygen atoms in total. The highest BCUT2D eigenvalue weighted by Crippen LogP contribution is 2.29. The van der Waals surface area contributed by atoms with Crippen molar-refractivity contribution in [2.45, 2.75) is 31.6 Å². The van der Waals surface area contributed by atoms with Gasteiger partial charge in [-0.15, -0.1) is 0 Å². The first kappa shape index (κ1) is 19.3. The Balaban J connectivity index is 1.53. The quantitative estimate of drug-likeness (QED) is 0.797. The van der Waals surface area contributed by atoms with Gasteiger partial charge < -0.3 is 15.1 Å². The highest BCUT2D eigenvalue weighted by Gasteiger charge is 2.30. The van der Waals surface area contributed by atoms with Crippen molar-refractivity contribution in [2.24, 2.45) is 0 Å². The van der Waals surface area contributed by atoms with Crippen molar-refractivity contribution in [1.29, 1.82) is 0 Å². The van der Waals surface area contributed by atoms with Gasteiger partial charge >= 0.3 is 12.2 Å². The Morgan fingerprint density at radius 2 is 1.93 bits per heavy atom. The molecule has 1 aliphatic rings. The third kappa shape index (κ3) is 5.26. The molecule has 1 unspecified atom stereocenters. The maximum Gasteiger partial charge on any atom is 0.416 e. The van der Waals surface area contributed by atoms with E-state index < -0.39 is 17.8 Å². The van der Waals surface area contributed by atoms with E-state index in [-0.39, 0.29) is 12.6 Å². The summed E-state index contributed by atoms with van der Waals surface area (Å²) < 4.78 is 43.7. The summed E-state index contributed by atoms with van der Waals surface area (Å²) in [6.07, 6.45) is -0.575. The Morgan fingerprint density at radius 1 is 1.15 bits per heavy atom. The summed E-state index contributed by atoms with van der Waals surface area (Å²) in [4.78, 5) is 14.3. The topological polar surface area (TPSA) is 57.5 Å². The number of amides is 2. The van der Waals surface area contributed by atoms with Crippen LogP contribution in [0.25, 0.3) is 0 Å². The van der Waals surface area contributed by atoms with Gasteiger partial charge in [0.25, 0.3) is 0 Å². The molecule has 1 fully saturated rings. The zero-order valence-electron chi connectivity index (χ0n) is 14.8. The van der Waals surface area contributed by atoms with E-state index in [2.05, 4.69) is 15.5 Å². The number of likely N-dealkylation sites (tertiary alicyclic amines) is 1. The zero-order valence-corrected chi connectivity index (χ0v) is 14.8. The Labute approximate surface area is 155 Å². The van der Waals surface area contributed by atoms with E-state index in [9.17, 15) is 18.0 Å². The number of carbonyl (C=O) groups excluding carboxylic acids is 1. The minimum Gasteiger partial charge on any atom is -0.468 e. The molecular weight excluding hydrogens is 359 g/mol. The lowest BCUT2D eigenvalue weighted by molar-refractivity contribution is -0.137. The summed E-state index contributed by atoms with van der Waals surface area (Å²) in [5.41, 5.74) is -0.337. The van der Waals surface area contributed by atoms with Crippen molar-refractivity contribution in [3.63, 3.8) is 0 Å². The molecule has 2 aromatic rings. The van der Waals surface area contributed by atoms with Crippen LogP contribution in [0.15, 0.2) is 47.1 Å². The molecule has 2 N–H and O–H groups in total. The summed E-state index contributed by atoms with van der Waals surface area (Å²) in [6, 6.07) is 8.13. The van der Waals surface area contributed by atoms with Crippen LogP contribution in [0.4, 0.5) is 18.0 Å². The van der Waals surface area contributed by atoms with Crippen LogP contribution in [-0.4, -0.2) is 30.6 Å². The average Bonchev–Trinajstić information content (AvgIpc) is 3.34. The van der Waals surface area contributed by atoms with Crippen molar-refractivity contribution in [3.8, 4) is 0 Å². The molecule has 1 atom stereocenters. The smallest absolute Gasteiger partial charge is 0.416 e. The zero-order chi connectivity index (χ0) is 19.3. The molecule has 2 heterocycles. The van der Waals surface area contributed by atoms with E-state index in [1.165, 1.54) is 6.07 Å². The van der Waals surface area contributed by atoms with E-state index in [4.69, 9.17) is 4.42 Å². The Kier molecular flexibility index (Phi) is 6.05. The third-order valence-corrected chi connectivity index (χ3v) is 4.62. The van der Waals surface area contributed by atoms with Gasteiger partial charge in [-0.25, -0.2) is 4.79 Å². The molecule has 1 saturated heterocycles. The minimum atomic E-state index is -4.40. The number of hydrogen-bond donors (Lipinski definition) is 2. The number of furan rings is 1. The van der Waals surface area contributed by atoms with E-state index >= 15 is 0 Å². The Hall–Kier alpha value is -2.48. The number of rotatable bonds is 6. The second-order valence-corrected chi connectivity index (χ2v) is 6.54. The summed E-state index contributed by atoms with van der Waals surface area (Å²) in [7, 11) is 0. The van der Waals surface area contributed by atoms with Gasteiger partial charge in [0.15, 0.2) is 0 Å². The number of urea groups is 1. The van der Waals surface area contributed by atoms with Gasteiger partial charge in [-0.3, -0.25) is 4.90 Å². The average molecular weight is 381 g/mol. The van der Waals surface area contributed by atoms with Crippen LogP contribution in [0, 0.1) is 0 Å². The molecular formula is C19H22F3N3O2. The van der Waals surface area contributed by atoms with Gasteiger partial charge in [-0.2, -0.15) is 13.2 Å². The number of alkyl halides is 3. The summed E-state index contributed by atoms with van der Waals surface area (Å²) in [5, 5.41) is 5.39. The summed E-state index contributed by atoms with van der Waals surface area (Å²) in [5.74, 6) is 0.787. The van der Waals surface area contributed by atoms with Gasteiger partial charge in [0.05, 0.1) is 17.9 Å². The van der Waals surface area contributed by atoms with Crippen molar-refractivity contribution in [3.05, 3.63) is 59.5 Å². The normalized spacial score (nSPS) is 16.3. The fourth-order valence-electron chi connectivity index (χ4n) is 3.24. The monoisotopic (exact) mass is 381 g/mol. The van der Waals surface area contributed by atoms with Gasteiger partial charge in [-0.1, -0.05) is 12.1 Å². The molecule has 0 spiro atoms. The molecule has 2 amide bonds. The largest absolute Gasteiger partial charge is 0.468 e. The number of halogens is 3. The van der Waals surface area contributed by atoms with E-state index in [0.29, 0.717) is 12.1 Å². The number of hydrogen-bond acceptors (Lipinski definition) is 3. The van der Waals surface area contributed by atoms with Crippen LogP contribution in [-0.2, 0) is 12.7 Å². The second kappa shape index (κ2) is 8.47. The van der Waals surface area contributed by atoms with Crippen LogP contribution in [0.5, 0.6) is 0 Å². The van der Waals surface area contributed by atoms with E-state index in [0.717, 1.165) is 43.8 Å². The van der Waals surface area contributed by atoms with Crippen molar-refractivity contribution in [1.82, 2.24) is 15.5 Å². The maximum atomic E-state index is 12.7. The van der Waals surface area contributed by atoms with E-state index in [1.807, 2.05) is 12.1 Å². The van der Waals surface area contributed by atoms with Crippen molar-refractivity contribution >= 4 is 6.03 Å². The molecule has 27 heavy (non-hydrogen) atoms. The lowest BCUT2D eigenvalue weighted by atomic mass is 10.1. The molecule has 146 valence electrons. The molecule has 0 aliphatic carbocycles. The number of nitrogens with zero attached hydrogens (tertiary/aromatic N) is 1. The molecule has 1 aliphatic heterocycles. The SMILES string of the molecule is O=C(NCc1cccc(C(F)(F)F)c1)NCC(c1ccco1)N1CCCC1. The van der Waals surface area contributed by atoms with Crippen molar-refractivity contribution < 1.29 is 22.4 Å². The Morgan fingerprint density at radius 3 is 2.59 bits per heavy atom. The van der Waals surface area contributed by atoms with Gasteiger partial charge in [0.2, 0.25) is 0 Å². The minimum absolute atomic E-state index is 0.0187. The number of benzene rings is 1. The fourth-order valence-corrected chi connectivity index (χ4v) is 3.24. The molecule has 8 heteroatoms. The van der Waals surface area contributed by atoms with Gasteiger partial charge in [0.1, 0.15) is 5.76 Å². The first-order chi connectivity index (χ1) is 12.9. The molecule has 1 aromatic heterocycles. The summed E-state index contributed by atoms with van der Waals surface area (Å²) in [6.45, 7) is 2.27. The lowest BCUT2D eigenvalue weighted by Gasteiger charge is -2.26. The van der Waals surface area contributed by atoms with Gasteiger partial charge in [0, 0.05) is 13.1 Å². The lowest BCUT2D eigenvalue weighted by Crippen LogP contribution is -2.41. The van der Waals surface area contributed by atoms with E-state index in [1.54, 1.807) is 12.3 Å². The maximum absolute atomic E-state index is 12.7. The van der Waals surface area contributed by atoms with Crippen LogP contribution < -0.4 is 10.6 Å². The predicted molar refractivity (Wildman–Crippen MR) is 93.9 cm³/mol. The molecule has 0 radical (unpaired) electrons. The summed E-state index contributed by atoms with van der Waals surface area (Å²) >= 11 is 0. The van der Waals surface area contributed by atoms with Crippen LogP contribution in [0.1, 0.15) is 35.8 Å². The molecule has 3 rings (SSSR count). The standard InChI is InChI=1S/C19H22F3N3O2/c20-19(21,22)15-6-3-5-14(11-15)12-23-18(26)24-13-16(17-7-4-10-27-17)25-8-1-2-9-25/h3-7,10-11,16H,1-2,8-9,12-13H2,(H2,23,24,26). The highest BCUT2D eigenvalue weighted by molar-refractivity contribution is 5.73. The first-order valence-corrected chi connectivity index (χ1v) is 8.89. The fraction of sp³-hybridized carbons (Fsp3) is 0.421. The van der Waals surface area contributed by atoms with Crippen LogP contribution >= 0.6 is 0 Å². The van der Waals surface area contributed by atoms with Gasteiger partial charge in [-0.05, 0) is 55.8 Å². The van der Waals surface area contributed by atoms with Crippen molar-refractivity contribution in [2.75, 3.05) is 19.6 Å². The highest BCUT2D eigenvalue weighted by atomic mass is 19.4. The number of carbonyl (C=O) groups is 1. The third-order valence-electron chi connectivity index (χ3n) is 4.62. The molecule has 0 saturated carbocycles. The first-order valence-electron chi connectivity index (χ1n) is 8.89. The second-order valence-electron chi connectivity index (χ2n) is 6.54. The van der Waals surface area contributed by atoms with Crippen LogP contribution in [0.2, 0.25) is 0 Å². The Bertz CT molecular complexity index is 741. The van der Waals surface area contributed by atoms with Crippen LogP contribution in [0.3, 0.4) is 0 Å².